The highest BCUT2D eigenvalue weighted by Gasteiger charge is 2.20. The van der Waals surface area contributed by atoms with Crippen LogP contribution in [0.5, 0.6) is 0 Å². The van der Waals surface area contributed by atoms with E-state index in [0.717, 1.165) is 70.4 Å². The van der Waals surface area contributed by atoms with Crippen molar-refractivity contribution in [2.45, 2.75) is 19.8 Å². The van der Waals surface area contributed by atoms with Crippen molar-refractivity contribution in [3.05, 3.63) is 41.9 Å². The first kappa shape index (κ1) is 19.5. The van der Waals surface area contributed by atoms with Crippen LogP contribution < -0.4 is 15.5 Å². The van der Waals surface area contributed by atoms with Crippen molar-refractivity contribution < 1.29 is 0 Å². The summed E-state index contributed by atoms with van der Waals surface area (Å²) in [4.78, 5) is 14.0. The number of rotatable bonds is 8. The van der Waals surface area contributed by atoms with Gasteiger partial charge in [-0.3, -0.25) is 4.99 Å². The minimum atomic E-state index is 0.859. The average Bonchev–Trinajstić information content (AvgIpc) is 3.25. The number of anilines is 2. The molecule has 2 aromatic rings. The Kier molecular flexibility index (Phi) is 7.77. The van der Waals surface area contributed by atoms with Gasteiger partial charge < -0.3 is 20.4 Å². The van der Waals surface area contributed by atoms with Gasteiger partial charge >= 0.3 is 0 Å². The van der Waals surface area contributed by atoms with Gasteiger partial charge in [-0.1, -0.05) is 6.07 Å². The van der Waals surface area contributed by atoms with E-state index in [2.05, 4.69) is 49.9 Å². The van der Waals surface area contributed by atoms with Gasteiger partial charge in [0.25, 0.3) is 0 Å². The molecule has 0 bridgehead atoms. The number of aromatic nitrogens is 1. The third kappa shape index (κ3) is 6.13. The number of thiophene rings is 1. The molecule has 0 spiro atoms. The summed E-state index contributed by atoms with van der Waals surface area (Å²) >= 11 is 1.82. The molecule has 1 saturated heterocycles. The van der Waals surface area contributed by atoms with Crippen LogP contribution in [0.4, 0.5) is 10.8 Å². The van der Waals surface area contributed by atoms with E-state index < -0.39 is 0 Å². The molecule has 3 rings (SSSR count). The molecule has 0 aromatic carbocycles. The van der Waals surface area contributed by atoms with Gasteiger partial charge in [-0.05, 0) is 49.4 Å². The minimum absolute atomic E-state index is 0.859. The average molecular weight is 387 g/mol. The first-order valence-electron chi connectivity index (χ1n) is 9.83. The molecule has 1 fully saturated rings. The van der Waals surface area contributed by atoms with Gasteiger partial charge in [0.15, 0.2) is 5.96 Å². The second-order valence-electron chi connectivity index (χ2n) is 6.51. The molecular formula is C20H30N6S. The van der Waals surface area contributed by atoms with E-state index in [0.29, 0.717) is 0 Å². The predicted molar refractivity (Wildman–Crippen MR) is 116 cm³/mol. The highest BCUT2D eigenvalue weighted by atomic mass is 32.1. The monoisotopic (exact) mass is 386 g/mol. The van der Waals surface area contributed by atoms with Gasteiger partial charge in [-0.15, -0.1) is 11.3 Å². The van der Waals surface area contributed by atoms with Crippen molar-refractivity contribution in [3.63, 3.8) is 0 Å². The van der Waals surface area contributed by atoms with E-state index in [1.54, 1.807) is 0 Å². The van der Waals surface area contributed by atoms with Gasteiger partial charge in [0.2, 0.25) is 0 Å². The molecule has 0 saturated carbocycles. The Morgan fingerprint density at radius 2 is 2.04 bits per heavy atom. The number of aliphatic imine (C=N–C) groups is 1. The van der Waals surface area contributed by atoms with E-state index in [1.165, 1.54) is 5.00 Å². The molecule has 0 aliphatic carbocycles. The Morgan fingerprint density at radius 1 is 1.15 bits per heavy atom. The fraction of sp³-hybridized carbons (Fsp3) is 0.500. The lowest BCUT2D eigenvalue weighted by molar-refractivity contribution is 0.373. The first-order valence-corrected chi connectivity index (χ1v) is 10.7. The highest BCUT2D eigenvalue weighted by molar-refractivity contribution is 7.14. The Hall–Kier alpha value is -2.28. The Balaban J connectivity index is 1.39. The van der Waals surface area contributed by atoms with Crippen LogP contribution in [0, 0.1) is 0 Å². The molecule has 0 unspecified atom stereocenters. The maximum atomic E-state index is 4.84. The Labute approximate surface area is 166 Å². The zero-order chi connectivity index (χ0) is 18.7. The lowest BCUT2D eigenvalue weighted by Crippen LogP contribution is -2.52. The van der Waals surface area contributed by atoms with Crippen molar-refractivity contribution >= 4 is 28.1 Å². The van der Waals surface area contributed by atoms with Gasteiger partial charge in [0.1, 0.15) is 5.82 Å². The molecule has 2 aromatic heterocycles. The van der Waals surface area contributed by atoms with Gasteiger partial charge in [-0.25, -0.2) is 4.98 Å². The molecule has 146 valence electrons. The van der Waals surface area contributed by atoms with Crippen LogP contribution >= 0.6 is 11.3 Å². The number of piperazine rings is 1. The van der Waals surface area contributed by atoms with Crippen molar-refractivity contribution in [1.29, 1.82) is 0 Å². The van der Waals surface area contributed by atoms with Crippen molar-refractivity contribution in [3.8, 4) is 0 Å². The predicted octanol–water partition coefficient (Wildman–Crippen LogP) is 3.12. The minimum Gasteiger partial charge on any atom is -0.370 e. The molecule has 6 nitrogen and oxygen atoms in total. The molecule has 0 atom stereocenters. The SMILES string of the molecule is CCNC(=NCCCCNc1ccccn1)N1CCN(c2cccs2)CC1. The zero-order valence-corrected chi connectivity index (χ0v) is 16.9. The number of hydrogen-bond donors (Lipinski definition) is 2. The molecule has 0 amide bonds. The van der Waals surface area contributed by atoms with Crippen molar-refractivity contribution in [1.82, 2.24) is 15.2 Å². The maximum absolute atomic E-state index is 4.84. The molecule has 7 heteroatoms. The molecular weight excluding hydrogens is 356 g/mol. The molecule has 1 aliphatic heterocycles. The summed E-state index contributed by atoms with van der Waals surface area (Å²) in [6.07, 6.45) is 3.98. The Morgan fingerprint density at radius 3 is 2.74 bits per heavy atom. The molecule has 27 heavy (non-hydrogen) atoms. The number of nitrogens with one attached hydrogen (secondary N) is 2. The summed E-state index contributed by atoms with van der Waals surface area (Å²) in [7, 11) is 0. The number of guanidine groups is 1. The molecule has 3 heterocycles. The van der Waals surface area contributed by atoms with Crippen LogP contribution in [-0.4, -0.2) is 61.7 Å². The van der Waals surface area contributed by atoms with Crippen LogP contribution in [0.25, 0.3) is 0 Å². The van der Waals surface area contributed by atoms with Crippen LogP contribution in [0.15, 0.2) is 46.9 Å². The fourth-order valence-corrected chi connectivity index (χ4v) is 3.91. The number of unbranched alkanes of at least 4 members (excludes halogenated alkanes) is 1. The summed E-state index contributed by atoms with van der Waals surface area (Å²) in [5, 5.41) is 10.3. The summed E-state index contributed by atoms with van der Waals surface area (Å²) in [5.41, 5.74) is 0. The molecule has 0 radical (unpaired) electrons. The highest BCUT2D eigenvalue weighted by Crippen LogP contribution is 2.22. The van der Waals surface area contributed by atoms with E-state index in [9.17, 15) is 0 Å². The van der Waals surface area contributed by atoms with Gasteiger partial charge in [-0.2, -0.15) is 0 Å². The second kappa shape index (κ2) is 10.8. The second-order valence-corrected chi connectivity index (χ2v) is 7.44. The number of pyridine rings is 1. The number of nitrogens with zero attached hydrogens (tertiary/aromatic N) is 4. The normalized spacial score (nSPS) is 15.1. The standard InChI is InChI=1S/C20H30N6S/c1-2-21-20(24-12-6-5-11-23-18-8-3-4-10-22-18)26-15-13-25(14-16-26)19-9-7-17-27-19/h3-4,7-10,17H,2,5-6,11-16H2,1H3,(H,21,24)(H,22,23). The van der Waals surface area contributed by atoms with Gasteiger partial charge in [0, 0.05) is 52.0 Å². The largest absolute Gasteiger partial charge is 0.370 e. The topological polar surface area (TPSA) is 55.8 Å². The van der Waals surface area contributed by atoms with Crippen LogP contribution in [-0.2, 0) is 0 Å². The van der Waals surface area contributed by atoms with E-state index in [4.69, 9.17) is 4.99 Å². The fourth-order valence-electron chi connectivity index (χ4n) is 3.12. The van der Waals surface area contributed by atoms with Crippen molar-refractivity contribution in [2.75, 3.05) is 56.0 Å². The van der Waals surface area contributed by atoms with Crippen molar-refractivity contribution in [2.24, 2.45) is 4.99 Å². The third-order valence-electron chi connectivity index (χ3n) is 4.55. The third-order valence-corrected chi connectivity index (χ3v) is 5.48. The summed E-state index contributed by atoms with van der Waals surface area (Å²) in [5.74, 6) is 2.00. The first-order chi connectivity index (χ1) is 13.4. The van der Waals surface area contributed by atoms with E-state index >= 15 is 0 Å². The van der Waals surface area contributed by atoms with E-state index in [1.807, 2.05) is 35.7 Å². The van der Waals surface area contributed by atoms with Crippen LogP contribution in [0.3, 0.4) is 0 Å². The summed E-state index contributed by atoms with van der Waals surface area (Å²) in [6.45, 7) is 8.98. The summed E-state index contributed by atoms with van der Waals surface area (Å²) < 4.78 is 0. The van der Waals surface area contributed by atoms with E-state index in [-0.39, 0.29) is 0 Å². The Bertz CT molecular complexity index is 665. The lowest BCUT2D eigenvalue weighted by atomic mass is 10.3. The smallest absolute Gasteiger partial charge is 0.194 e. The lowest BCUT2D eigenvalue weighted by Gasteiger charge is -2.37. The number of hydrogen-bond acceptors (Lipinski definition) is 5. The zero-order valence-electron chi connectivity index (χ0n) is 16.1. The molecule has 1 aliphatic rings. The molecule has 2 N–H and O–H groups in total. The van der Waals surface area contributed by atoms with Gasteiger partial charge in [0.05, 0.1) is 5.00 Å². The van der Waals surface area contributed by atoms with Crippen LogP contribution in [0.1, 0.15) is 19.8 Å². The summed E-state index contributed by atoms with van der Waals surface area (Å²) in [6, 6.07) is 10.3. The van der Waals surface area contributed by atoms with Crippen LogP contribution in [0.2, 0.25) is 0 Å². The quantitative estimate of drug-likeness (QED) is 0.415. The maximum Gasteiger partial charge on any atom is 0.194 e.